The van der Waals surface area contributed by atoms with Crippen molar-refractivity contribution in [3.8, 4) is 0 Å². The van der Waals surface area contributed by atoms with Gasteiger partial charge in [-0.2, -0.15) is 5.10 Å². The van der Waals surface area contributed by atoms with Crippen LogP contribution in [-0.2, 0) is 9.53 Å². The van der Waals surface area contributed by atoms with E-state index in [0.717, 1.165) is 6.42 Å². The number of ether oxygens (including phenoxy) is 1. The molecule has 1 rings (SSSR count). The summed E-state index contributed by atoms with van der Waals surface area (Å²) in [6.45, 7) is 3.62. The molecule has 6 nitrogen and oxygen atoms in total. The summed E-state index contributed by atoms with van der Waals surface area (Å²) < 4.78 is 5.10. The average Bonchev–Trinajstić information content (AvgIpc) is 2.56. The summed E-state index contributed by atoms with van der Waals surface area (Å²) in [6, 6.07) is -0.731. The number of urea groups is 1. The van der Waals surface area contributed by atoms with Gasteiger partial charge in [-0.1, -0.05) is 6.92 Å². The van der Waals surface area contributed by atoms with Gasteiger partial charge in [0.2, 0.25) is 0 Å². The Labute approximate surface area is 87.8 Å². The van der Waals surface area contributed by atoms with Crippen LogP contribution in [0.1, 0.15) is 26.7 Å². The fraction of sp³-hybridized carbons (Fsp3) is 0.667. The van der Waals surface area contributed by atoms with Crippen LogP contribution in [0.15, 0.2) is 5.10 Å². The van der Waals surface area contributed by atoms with Gasteiger partial charge < -0.3 is 10.5 Å². The smallest absolute Gasteiger partial charge is 0.332 e. The number of nitrogens with zero attached hydrogens (tertiary/aromatic N) is 1. The highest BCUT2D eigenvalue weighted by atomic mass is 16.6. The van der Waals surface area contributed by atoms with Crippen LogP contribution in [0.5, 0.6) is 0 Å². The van der Waals surface area contributed by atoms with Crippen molar-refractivity contribution >= 4 is 17.7 Å². The first-order valence-corrected chi connectivity index (χ1v) is 4.84. The number of hydrogen-bond donors (Lipinski definition) is 2. The van der Waals surface area contributed by atoms with Crippen LogP contribution in [-0.4, -0.2) is 23.8 Å². The topological polar surface area (TPSA) is 93.8 Å². The summed E-state index contributed by atoms with van der Waals surface area (Å²) in [5.41, 5.74) is 7.51. The van der Waals surface area contributed by atoms with Gasteiger partial charge in [0.1, 0.15) is 6.10 Å². The second-order valence-electron chi connectivity index (χ2n) is 3.50. The molecule has 0 aliphatic carbocycles. The molecule has 1 heterocycles. The van der Waals surface area contributed by atoms with E-state index in [1.807, 2.05) is 6.92 Å². The third-order valence-corrected chi connectivity index (χ3v) is 2.39. The van der Waals surface area contributed by atoms with E-state index in [9.17, 15) is 9.59 Å². The number of primary amides is 1. The van der Waals surface area contributed by atoms with Crippen molar-refractivity contribution in [3.05, 3.63) is 0 Å². The third-order valence-electron chi connectivity index (χ3n) is 2.39. The van der Waals surface area contributed by atoms with Crippen molar-refractivity contribution in [1.29, 1.82) is 0 Å². The summed E-state index contributed by atoms with van der Waals surface area (Å²) in [7, 11) is 0. The Kier molecular flexibility index (Phi) is 3.65. The SMILES string of the molecule is CC[C@H]1C[C@H](/C(C)=N\NC(N)=O)OC1=O. The van der Waals surface area contributed by atoms with Crippen molar-refractivity contribution in [2.45, 2.75) is 32.8 Å². The minimum atomic E-state index is -0.731. The van der Waals surface area contributed by atoms with Crippen LogP contribution in [0, 0.1) is 5.92 Å². The standard InChI is InChI=1S/C9H15N3O3/c1-3-6-4-7(15-8(6)13)5(2)11-12-9(10)14/h6-7H,3-4H2,1-2H3,(H3,10,12,14)/b11-5-/t6-,7+/m0/s1. The summed E-state index contributed by atoms with van der Waals surface area (Å²) in [4.78, 5) is 21.7. The zero-order chi connectivity index (χ0) is 11.4. The van der Waals surface area contributed by atoms with Crippen molar-refractivity contribution in [1.82, 2.24) is 5.43 Å². The van der Waals surface area contributed by atoms with Crippen LogP contribution in [0.25, 0.3) is 0 Å². The van der Waals surface area contributed by atoms with E-state index in [1.165, 1.54) is 0 Å². The number of esters is 1. The summed E-state index contributed by atoms with van der Waals surface area (Å²) >= 11 is 0. The molecule has 0 saturated carbocycles. The van der Waals surface area contributed by atoms with Crippen LogP contribution in [0.2, 0.25) is 0 Å². The highest BCUT2D eigenvalue weighted by Crippen LogP contribution is 2.24. The van der Waals surface area contributed by atoms with E-state index in [1.54, 1.807) is 6.92 Å². The summed E-state index contributed by atoms with van der Waals surface area (Å²) in [6.07, 6.45) is 1.03. The van der Waals surface area contributed by atoms with Gasteiger partial charge in [-0.25, -0.2) is 10.2 Å². The van der Waals surface area contributed by atoms with E-state index in [-0.39, 0.29) is 18.0 Å². The maximum Gasteiger partial charge on any atom is 0.332 e. The number of hydrogen-bond acceptors (Lipinski definition) is 4. The van der Waals surface area contributed by atoms with Crippen LogP contribution in [0.3, 0.4) is 0 Å². The Morgan fingerprint density at radius 3 is 2.87 bits per heavy atom. The molecule has 6 heteroatoms. The first-order valence-electron chi connectivity index (χ1n) is 4.84. The van der Waals surface area contributed by atoms with Crippen LogP contribution < -0.4 is 11.2 Å². The van der Waals surface area contributed by atoms with Gasteiger partial charge in [-0.05, 0) is 13.3 Å². The van der Waals surface area contributed by atoms with Gasteiger partial charge in [0, 0.05) is 6.42 Å². The van der Waals surface area contributed by atoms with Crippen molar-refractivity contribution in [3.63, 3.8) is 0 Å². The van der Waals surface area contributed by atoms with E-state index < -0.39 is 6.03 Å². The van der Waals surface area contributed by atoms with Gasteiger partial charge in [-0.3, -0.25) is 4.79 Å². The zero-order valence-corrected chi connectivity index (χ0v) is 8.82. The summed E-state index contributed by atoms with van der Waals surface area (Å²) in [5, 5.41) is 3.72. The molecule has 0 radical (unpaired) electrons. The average molecular weight is 213 g/mol. The molecule has 3 N–H and O–H groups in total. The zero-order valence-electron chi connectivity index (χ0n) is 8.82. The number of hydrazone groups is 1. The number of nitrogens with one attached hydrogen (secondary N) is 1. The van der Waals surface area contributed by atoms with E-state index in [2.05, 4.69) is 10.5 Å². The molecule has 2 amide bonds. The lowest BCUT2D eigenvalue weighted by Crippen LogP contribution is -2.28. The Morgan fingerprint density at radius 2 is 2.40 bits per heavy atom. The first kappa shape index (κ1) is 11.5. The Bertz CT molecular complexity index is 301. The Hall–Kier alpha value is -1.59. The predicted molar refractivity (Wildman–Crippen MR) is 54.1 cm³/mol. The molecule has 0 unspecified atom stereocenters. The number of nitrogens with two attached hydrogens (primary N) is 1. The highest BCUT2D eigenvalue weighted by Gasteiger charge is 2.34. The van der Waals surface area contributed by atoms with Crippen LogP contribution in [0.4, 0.5) is 4.79 Å². The second kappa shape index (κ2) is 4.77. The number of rotatable bonds is 3. The number of carbonyl (C=O) groups is 2. The van der Waals surface area contributed by atoms with Gasteiger partial charge >= 0.3 is 12.0 Å². The molecule has 0 spiro atoms. The molecule has 15 heavy (non-hydrogen) atoms. The normalized spacial score (nSPS) is 26.3. The van der Waals surface area contributed by atoms with Crippen molar-refractivity contribution in [2.24, 2.45) is 16.8 Å². The lowest BCUT2D eigenvalue weighted by Gasteiger charge is -2.07. The van der Waals surface area contributed by atoms with Gasteiger partial charge in [0.05, 0.1) is 11.6 Å². The predicted octanol–water partition coefficient (Wildman–Crippen LogP) is 0.372. The molecule has 2 atom stereocenters. The molecular formula is C9H15N3O3. The molecule has 84 valence electrons. The van der Waals surface area contributed by atoms with Gasteiger partial charge in [-0.15, -0.1) is 0 Å². The second-order valence-corrected chi connectivity index (χ2v) is 3.50. The number of cyclic esters (lactones) is 1. The molecule has 0 aromatic carbocycles. The molecule has 1 aliphatic heterocycles. The first-order chi connectivity index (χ1) is 7.04. The molecule has 0 aromatic heterocycles. The minimum Gasteiger partial charge on any atom is -0.456 e. The monoisotopic (exact) mass is 213 g/mol. The van der Waals surface area contributed by atoms with Crippen LogP contribution >= 0.6 is 0 Å². The van der Waals surface area contributed by atoms with Crippen molar-refractivity contribution < 1.29 is 14.3 Å². The van der Waals surface area contributed by atoms with Gasteiger partial charge in [0.25, 0.3) is 0 Å². The molecule has 1 saturated heterocycles. The fourth-order valence-corrected chi connectivity index (χ4v) is 1.44. The molecular weight excluding hydrogens is 198 g/mol. The Morgan fingerprint density at radius 1 is 1.73 bits per heavy atom. The Balaban J connectivity index is 2.56. The maximum atomic E-state index is 11.3. The molecule has 1 fully saturated rings. The molecule has 1 aliphatic rings. The highest BCUT2D eigenvalue weighted by molar-refractivity contribution is 5.91. The fourth-order valence-electron chi connectivity index (χ4n) is 1.44. The quantitative estimate of drug-likeness (QED) is 0.403. The van der Waals surface area contributed by atoms with E-state index in [0.29, 0.717) is 12.1 Å². The maximum absolute atomic E-state index is 11.3. The lowest BCUT2D eigenvalue weighted by atomic mass is 10.0. The van der Waals surface area contributed by atoms with E-state index >= 15 is 0 Å². The lowest BCUT2D eigenvalue weighted by molar-refractivity contribution is -0.142. The van der Waals surface area contributed by atoms with Crippen molar-refractivity contribution in [2.75, 3.05) is 0 Å². The minimum absolute atomic E-state index is 0.0614. The summed E-state index contributed by atoms with van der Waals surface area (Å²) in [5.74, 6) is -0.259. The number of carbonyl (C=O) groups excluding carboxylic acids is 2. The number of amides is 2. The van der Waals surface area contributed by atoms with Gasteiger partial charge in [0.15, 0.2) is 0 Å². The third kappa shape index (κ3) is 2.93. The molecule has 0 aromatic rings. The largest absolute Gasteiger partial charge is 0.456 e. The molecule has 0 bridgehead atoms. The van der Waals surface area contributed by atoms with E-state index in [4.69, 9.17) is 10.5 Å².